The van der Waals surface area contributed by atoms with Crippen LogP contribution < -0.4 is 5.32 Å². The van der Waals surface area contributed by atoms with E-state index in [0.717, 1.165) is 0 Å². The minimum Gasteiger partial charge on any atom is -0.469 e. The topological polar surface area (TPSA) is 161 Å². The minimum absolute atomic E-state index is 0.245. The van der Waals surface area contributed by atoms with E-state index in [4.69, 9.17) is 0 Å². The summed E-state index contributed by atoms with van der Waals surface area (Å²) in [5.41, 5.74) is 0. The van der Waals surface area contributed by atoms with Crippen molar-refractivity contribution in [2.45, 2.75) is 54.9 Å². The van der Waals surface area contributed by atoms with Crippen molar-refractivity contribution in [2.24, 2.45) is 0 Å². The standard InChI is InChI=1S/C5H9NO2.C4H7NO2.C4H6O2.C4H8O.C3H6O2/c1-4(7)5(8)6(2)3;1-3(6)4(7)5-2;1-3(5)4(2)6;1-3-4(2)5;1-3(4)5-2/h1-3H3;1-2H3,(H,5,7);1-2H3;3H2,1-2H3;1-2H3. The highest BCUT2D eigenvalue weighted by Gasteiger charge is 2.07. The van der Waals surface area contributed by atoms with Gasteiger partial charge >= 0.3 is 5.97 Å². The molecule has 1 N–H and O–H groups in total. The van der Waals surface area contributed by atoms with Gasteiger partial charge in [0.2, 0.25) is 11.6 Å². The molecule has 2 amide bonds. The van der Waals surface area contributed by atoms with Crippen LogP contribution in [-0.4, -0.2) is 79.9 Å². The van der Waals surface area contributed by atoms with Crippen LogP contribution in [0.5, 0.6) is 0 Å². The number of carbonyl (C=O) groups is 8. The molecule has 0 heterocycles. The number of esters is 1. The van der Waals surface area contributed by atoms with Crippen molar-refractivity contribution in [3.05, 3.63) is 0 Å². The molecule has 11 heteroatoms. The highest BCUT2D eigenvalue weighted by Crippen LogP contribution is 1.77. The van der Waals surface area contributed by atoms with Crippen LogP contribution in [0, 0.1) is 0 Å². The van der Waals surface area contributed by atoms with Crippen molar-refractivity contribution in [1.82, 2.24) is 10.2 Å². The second-order valence-electron chi connectivity index (χ2n) is 5.75. The van der Waals surface area contributed by atoms with Crippen molar-refractivity contribution in [3.8, 4) is 0 Å². The number of amides is 2. The van der Waals surface area contributed by atoms with Crippen molar-refractivity contribution < 1.29 is 43.1 Å². The molecule has 0 fully saturated rings. The van der Waals surface area contributed by atoms with Crippen LogP contribution in [0.4, 0.5) is 0 Å². The molecule has 0 aromatic rings. The molecule has 0 aromatic carbocycles. The molecule has 0 spiro atoms. The number of likely N-dealkylation sites (N-methyl/N-ethyl adjacent to an activating group) is 2. The molecule has 31 heavy (non-hydrogen) atoms. The SMILES string of the molecule is CC(=O)C(=O)N(C)C.CC(=O)C(C)=O.CCC(C)=O.CNC(=O)C(C)=O.COC(C)=O. The monoisotopic (exact) mass is 448 g/mol. The normalized spacial score (nSPS) is 7.71. The number of methoxy groups -OCH3 is 1. The van der Waals surface area contributed by atoms with Crippen molar-refractivity contribution in [1.29, 1.82) is 0 Å². The number of ketones is 5. The third-order valence-electron chi connectivity index (χ3n) is 2.54. The van der Waals surface area contributed by atoms with Gasteiger partial charge in [-0.25, -0.2) is 0 Å². The first-order chi connectivity index (χ1) is 13.9. The first kappa shape index (κ1) is 38.4. The second kappa shape index (κ2) is 24.8. The van der Waals surface area contributed by atoms with E-state index in [0.29, 0.717) is 6.42 Å². The Kier molecular flexibility index (Phi) is 30.7. The van der Waals surface area contributed by atoms with E-state index in [9.17, 15) is 38.4 Å². The predicted octanol–water partition coefficient (Wildman–Crippen LogP) is 0.314. The number of hydrogen-bond donors (Lipinski definition) is 1. The molecule has 0 bridgehead atoms. The molecule has 0 radical (unpaired) electrons. The van der Waals surface area contributed by atoms with Gasteiger partial charge in [-0.05, 0) is 6.92 Å². The van der Waals surface area contributed by atoms with Gasteiger partial charge in [0.1, 0.15) is 5.78 Å². The zero-order valence-electron chi connectivity index (χ0n) is 20.3. The van der Waals surface area contributed by atoms with Gasteiger partial charge in [0.25, 0.3) is 11.8 Å². The third kappa shape index (κ3) is 46.6. The summed E-state index contributed by atoms with van der Waals surface area (Å²) < 4.78 is 4.11. The van der Waals surface area contributed by atoms with Gasteiger partial charge in [0, 0.05) is 62.2 Å². The Morgan fingerprint density at radius 1 is 0.710 bits per heavy atom. The van der Waals surface area contributed by atoms with Crippen molar-refractivity contribution >= 4 is 46.7 Å². The number of nitrogens with one attached hydrogen (secondary N) is 1. The van der Waals surface area contributed by atoms with Crippen LogP contribution in [0.2, 0.25) is 0 Å². The zero-order chi connectivity index (χ0) is 26.3. The lowest BCUT2D eigenvalue weighted by atomic mass is 10.3. The number of ether oxygens (including phenoxy) is 1. The highest BCUT2D eigenvalue weighted by atomic mass is 16.5. The summed E-state index contributed by atoms with van der Waals surface area (Å²) in [6.45, 7) is 9.77. The molecular weight excluding hydrogens is 412 g/mol. The van der Waals surface area contributed by atoms with Crippen molar-refractivity contribution in [2.75, 3.05) is 28.3 Å². The van der Waals surface area contributed by atoms with E-state index in [1.165, 1.54) is 53.7 Å². The third-order valence-corrected chi connectivity index (χ3v) is 2.54. The molecule has 0 saturated heterocycles. The quantitative estimate of drug-likeness (QED) is 0.471. The second-order valence-corrected chi connectivity index (χ2v) is 5.75. The van der Waals surface area contributed by atoms with E-state index in [1.54, 1.807) is 21.0 Å². The number of hydrogen-bond acceptors (Lipinski definition) is 9. The Bertz CT molecular complexity index is 598. The fourth-order valence-corrected chi connectivity index (χ4v) is 0.491. The number of rotatable bonds is 4. The molecule has 0 aliphatic rings. The highest BCUT2D eigenvalue weighted by molar-refractivity contribution is 6.35. The largest absolute Gasteiger partial charge is 0.469 e. The lowest BCUT2D eigenvalue weighted by molar-refractivity contribution is -0.141. The van der Waals surface area contributed by atoms with E-state index in [-0.39, 0.29) is 23.3 Å². The molecule has 11 nitrogen and oxygen atoms in total. The molecule has 0 atom stereocenters. The molecule has 0 unspecified atom stereocenters. The van der Waals surface area contributed by atoms with Gasteiger partial charge < -0.3 is 19.7 Å². The van der Waals surface area contributed by atoms with Crippen LogP contribution in [0.15, 0.2) is 0 Å². The first-order valence-corrected chi connectivity index (χ1v) is 8.92. The van der Waals surface area contributed by atoms with E-state index in [2.05, 4.69) is 10.1 Å². The van der Waals surface area contributed by atoms with Crippen LogP contribution in [0.3, 0.4) is 0 Å². The molecular formula is C20H36N2O9. The zero-order valence-corrected chi connectivity index (χ0v) is 20.3. The predicted molar refractivity (Wildman–Crippen MR) is 114 cm³/mol. The fourth-order valence-electron chi connectivity index (χ4n) is 0.491. The Morgan fingerprint density at radius 3 is 1.00 bits per heavy atom. The Morgan fingerprint density at radius 2 is 1.00 bits per heavy atom. The lowest BCUT2D eigenvalue weighted by Gasteiger charge is -2.04. The molecule has 180 valence electrons. The van der Waals surface area contributed by atoms with E-state index in [1.807, 2.05) is 6.92 Å². The maximum absolute atomic E-state index is 10.4. The number of Topliss-reactive ketones (excluding diaryl/α,β-unsaturated/α-hetero) is 5. The summed E-state index contributed by atoms with van der Waals surface area (Å²) in [7, 11) is 5.86. The van der Waals surface area contributed by atoms with Crippen LogP contribution in [0.25, 0.3) is 0 Å². The van der Waals surface area contributed by atoms with E-state index >= 15 is 0 Å². The van der Waals surface area contributed by atoms with Gasteiger partial charge in [-0.15, -0.1) is 0 Å². The van der Waals surface area contributed by atoms with E-state index < -0.39 is 23.4 Å². The number of nitrogens with zero attached hydrogens (tertiary/aromatic N) is 1. The summed E-state index contributed by atoms with van der Waals surface area (Å²) in [6, 6.07) is 0. The van der Waals surface area contributed by atoms with Gasteiger partial charge in [0.15, 0.2) is 11.6 Å². The average molecular weight is 449 g/mol. The average Bonchev–Trinajstić information content (AvgIpc) is 2.67. The molecule has 0 rings (SSSR count). The van der Waals surface area contributed by atoms with Crippen molar-refractivity contribution in [3.63, 3.8) is 0 Å². The van der Waals surface area contributed by atoms with Gasteiger partial charge in [0.05, 0.1) is 7.11 Å². The Hall–Kier alpha value is -3.24. The molecule has 0 aliphatic heterocycles. The summed E-state index contributed by atoms with van der Waals surface area (Å²) in [5, 5.41) is 2.18. The summed E-state index contributed by atoms with van der Waals surface area (Å²) in [5.74, 6) is -2.62. The van der Waals surface area contributed by atoms with Gasteiger partial charge in [-0.2, -0.15) is 0 Å². The summed E-state index contributed by atoms with van der Waals surface area (Å²) >= 11 is 0. The Labute approximate surface area is 183 Å². The van der Waals surface area contributed by atoms with Gasteiger partial charge in [-0.3, -0.25) is 33.6 Å². The smallest absolute Gasteiger partial charge is 0.302 e. The minimum atomic E-state index is -0.542. The summed E-state index contributed by atoms with van der Waals surface area (Å²) in [4.78, 5) is 80.9. The Balaban J connectivity index is -0.0000000920. The van der Waals surface area contributed by atoms with Crippen LogP contribution in [-0.2, 0) is 43.1 Å². The lowest BCUT2D eigenvalue weighted by Crippen LogP contribution is -2.27. The maximum Gasteiger partial charge on any atom is 0.302 e. The van der Waals surface area contributed by atoms with Crippen LogP contribution in [0.1, 0.15) is 54.9 Å². The molecule has 0 saturated carbocycles. The number of carbonyl (C=O) groups excluding carboxylic acids is 8. The molecule has 0 aliphatic carbocycles. The summed E-state index contributed by atoms with van der Waals surface area (Å²) in [6.07, 6.45) is 0.667. The van der Waals surface area contributed by atoms with Gasteiger partial charge in [-0.1, -0.05) is 6.92 Å². The molecule has 0 aromatic heterocycles. The van der Waals surface area contributed by atoms with Crippen LogP contribution >= 0.6 is 0 Å². The first-order valence-electron chi connectivity index (χ1n) is 8.92. The fraction of sp³-hybridized carbons (Fsp3) is 0.600. The maximum atomic E-state index is 10.4.